The van der Waals surface area contributed by atoms with Gasteiger partial charge in [0.1, 0.15) is 0 Å². The summed E-state index contributed by atoms with van der Waals surface area (Å²) in [6, 6.07) is 6.21. The summed E-state index contributed by atoms with van der Waals surface area (Å²) < 4.78 is 23.1. The predicted octanol–water partition coefficient (Wildman–Crippen LogP) is 1.20. The van der Waals surface area contributed by atoms with E-state index < -0.39 is 10.0 Å². The van der Waals surface area contributed by atoms with Gasteiger partial charge < -0.3 is 4.90 Å². The van der Waals surface area contributed by atoms with Gasteiger partial charge in [0.25, 0.3) is 5.91 Å². The van der Waals surface area contributed by atoms with Crippen molar-refractivity contribution in [2.45, 2.75) is 31.2 Å². The van der Waals surface area contributed by atoms with E-state index >= 15 is 0 Å². The van der Waals surface area contributed by atoms with Crippen molar-refractivity contribution in [2.24, 2.45) is 11.1 Å². The van der Waals surface area contributed by atoms with E-state index in [0.29, 0.717) is 12.5 Å². The smallest absolute Gasteiger partial charge is 0.255 e. The number of nitrogens with two attached hydrogens (primary N) is 1. The highest BCUT2D eigenvalue weighted by atomic mass is 32.2. The number of sulfonamides is 1. The fourth-order valence-electron chi connectivity index (χ4n) is 2.63. The van der Waals surface area contributed by atoms with Crippen molar-refractivity contribution in [1.82, 2.24) is 4.90 Å². The molecule has 1 aliphatic heterocycles. The van der Waals surface area contributed by atoms with E-state index in [4.69, 9.17) is 5.14 Å². The van der Waals surface area contributed by atoms with Crippen molar-refractivity contribution in [3.05, 3.63) is 29.8 Å². The van der Waals surface area contributed by atoms with E-state index in [0.717, 1.165) is 6.42 Å². The first kappa shape index (κ1) is 14.0. The third-order valence-corrected chi connectivity index (χ3v) is 4.44. The number of nitrogens with zero attached hydrogens (tertiary/aromatic N) is 1. The van der Waals surface area contributed by atoms with Gasteiger partial charge in [-0.25, -0.2) is 13.6 Å². The van der Waals surface area contributed by atoms with E-state index in [1.54, 1.807) is 17.0 Å². The highest BCUT2D eigenvalue weighted by Gasteiger charge is 2.32. The van der Waals surface area contributed by atoms with Crippen LogP contribution >= 0.6 is 0 Å². The normalized spacial score (nSPS) is 23.6. The van der Waals surface area contributed by atoms with Crippen LogP contribution in [0.4, 0.5) is 0 Å². The fourth-order valence-corrected chi connectivity index (χ4v) is 3.36. The number of benzene rings is 1. The Labute approximate surface area is 113 Å². The van der Waals surface area contributed by atoms with Gasteiger partial charge in [0.2, 0.25) is 10.0 Å². The molecule has 2 N–H and O–H groups in total. The van der Waals surface area contributed by atoms with Crippen LogP contribution in [0.2, 0.25) is 0 Å². The first-order valence-corrected chi connectivity index (χ1v) is 7.78. The molecule has 104 valence electrons. The maximum absolute atomic E-state index is 12.5. The van der Waals surface area contributed by atoms with Crippen LogP contribution in [0.15, 0.2) is 29.2 Å². The van der Waals surface area contributed by atoms with Crippen LogP contribution in [0.1, 0.15) is 30.6 Å². The molecule has 0 spiro atoms. The van der Waals surface area contributed by atoms with E-state index in [2.05, 4.69) is 6.92 Å². The van der Waals surface area contributed by atoms with Crippen LogP contribution < -0.4 is 5.14 Å². The summed E-state index contributed by atoms with van der Waals surface area (Å²) in [4.78, 5) is 14.1. The van der Waals surface area contributed by atoms with Crippen LogP contribution in [0.5, 0.6) is 0 Å². The standard InChI is InChI=1S/C13H18N2O3S/c1-9-7-10(2)15(8-9)13(16)11-5-3-4-6-12(11)19(14,17)18/h3-6,9-10H,7-8H2,1-2H3,(H2,14,17,18). The largest absolute Gasteiger partial charge is 0.336 e. The zero-order valence-electron chi connectivity index (χ0n) is 11.0. The number of rotatable bonds is 2. The van der Waals surface area contributed by atoms with Crippen LogP contribution in [-0.2, 0) is 10.0 Å². The van der Waals surface area contributed by atoms with E-state index in [-0.39, 0.29) is 22.4 Å². The highest BCUT2D eigenvalue weighted by Crippen LogP contribution is 2.26. The molecule has 1 aliphatic rings. The summed E-state index contributed by atoms with van der Waals surface area (Å²) in [5.74, 6) is 0.169. The molecule has 2 unspecified atom stereocenters. The minimum atomic E-state index is -3.89. The Bertz CT molecular complexity index is 598. The van der Waals surface area contributed by atoms with Gasteiger partial charge in [-0.05, 0) is 31.4 Å². The summed E-state index contributed by atoms with van der Waals surface area (Å²) in [5.41, 5.74) is 0.158. The Morgan fingerprint density at radius 1 is 1.32 bits per heavy atom. The number of primary sulfonamides is 1. The lowest BCUT2D eigenvalue weighted by Gasteiger charge is -2.22. The Hall–Kier alpha value is -1.40. The van der Waals surface area contributed by atoms with E-state index in [9.17, 15) is 13.2 Å². The van der Waals surface area contributed by atoms with Crippen LogP contribution in [-0.4, -0.2) is 31.8 Å². The quantitative estimate of drug-likeness (QED) is 0.885. The molecule has 0 bridgehead atoms. The molecule has 2 rings (SSSR count). The number of hydrogen-bond acceptors (Lipinski definition) is 3. The van der Waals surface area contributed by atoms with Crippen LogP contribution in [0, 0.1) is 5.92 Å². The maximum Gasteiger partial charge on any atom is 0.255 e. The first-order chi connectivity index (χ1) is 8.80. The molecule has 1 aromatic carbocycles. The number of amides is 1. The molecular formula is C13H18N2O3S. The number of carbonyl (C=O) groups excluding carboxylic acids is 1. The third kappa shape index (κ3) is 2.79. The van der Waals surface area contributed by atoms with Gasteiger partial charge in [0, 0.05) is 12.6 Å². The Morgan fingerprint density at radius 3 is 2.47 bits per heavy atom. The van der Waals surface area contributed by atoms with E-state index in [1.807, 2.05) is 6.92 Å². The molecule has 1 aromatic rings. The maximum atomic E-state index is 12.5. The molecule has 1 saturated heterocycles. The molecule has 5 nitrogen and oxygen atoms in total. The van der Waals surface area contributed by atoms with Gasteiger partial charge in [-0.3, -0.25) is 4.79 Å². The third-order valence-electron chi connectivity index (χ3n) is 3.47. The SMILES string of the molecule is CC1CC(C)N(C(=O)c2ccccc2S(N)(=O)=O)C1. The molecular weight excluding hydrogens is 264 g/mol. The summed E-state index contributed by atoms with van der Waals surface area (Å²) in [7, 11) is -3.89. The lowest BCUT2D eigenvalue weighted by atomic mass is 10.1. The van der Waals surface area contributed by atoms with Crippen molar-refractivity contribution in [2.75, 3.05) is 6.54 Å². The van der Waals surface area contributed by atoms with Gasteiger partial charge in [0.05, 0.1) is 10.5 Å². The lowest BCUT2D eigenvalue weighted by molar-refractivity contribution is 0.0740. The van der Waals surface area contributed by atoms with Gasteiger partial charge >= 0.3 is 0 Å². The Kier molecular flexibility index (Phi) is 3.64. The summed E-state index contributed by atoms with van der Waals surface area (Å²) in [6.45, 7) is 4.70. The van der Waals surface area contributed by atoms with Gasteiger partial charge in [-0.15, -0.1) is 0 Å². The number of hydrogen-bond donors (Lipinski definition) is 1. The minimum Gasteiger partial charge on any atom is -0.336 e. The lowest BCUT2D eigenvalue weighted by Crippen LogP contribution is -2.35. The molecule has 0 aliphatic carbocycles. The molecule has 1 amide bonds. The zero-order chi connectivity index (χ0) is 14.2. The van der Waals surface area contributed by atoms with Crippen molar-refractivity contribution in [1.29, 1.82) is 0 Å². The van der Waals surface area contributed by atoms with Gasteiger partial charge in [0.15, 0.2) is 0 Å². The van der Waals surface area contributed by atoms with Crippen LogP contribution in [0.25, 0.3) is 0 Å². The summed E-state index contributed by atoms with van der Waals surface area (Å²) in [5, 5.41) is 5.16. The molecule has 0 radical (unpaired) electrons. The number of carbonyl (C=O) groups is 1. The van der Waals surface area contributed by atoms with Crippen molar-refractivity contribution >= 4 is 15.9 Å². The molecule has 1 fully saturated rings. The van der Waals surface area contributed by atoms with Crippen molar-refractivity contribution in [3.63, 3.8) is 0 Å². The zero-order valence-corrected chi connectivity index (χ0v) is 11.9. The molecule has 0 aromatic heterocycles. The van der Waals surface area contributed by atoms with Crippen molar-refractivity contribution in [3.8, 4) is 0 Å². The van der Waals surface area contributed by atoms with Crippen molar-refractivity contribution < 1.29 is 13.2 Å². The van der Waals surface area contributed by atoms with Gasteiger partial charge in [-0.1, -0.05) is 19.1 Å². The topological polar surface area (TPSA) is 80.5 Å². The van der Waals surface area contributed by atoms with E-state index in [1.165, 1.54) is 12.1 Å². The molecule has 19 heavy (non-hydrogen) atoms. The molecule has 6 heteroatoms. The second kappa shape index (κ2) is 4.94. The Morgan fingerprint density at radius 2 is 1.95 bits per heavy atom. The second-order valence-corrected chi connectivity index (χ2v) is 6.72. The average molecular weight is 282 g/mol. The monoisotopic (exact) mass is 282 g/mol. The molecule has 2 atom stereocenters. The second-order valence-electron chi connectivity index (χ2n) is 5.19. The number of likely N-dealkylation sites (tertiary alicyclic amines) is 1. The van der Waals surface area contributed by atoms with Gasteiger partial charge in [-0.2, -0.15) is 0 Å². The molecule has 1 heterocycles. The van der Waals surface area contributed by atoms with Crippen LogP contribution in [0.3, 0.4) is 0 Å². The summed E-state index contributed by atoms with van der Waals surface area (Å²) in [6.07, 6.45) is 0.934. The summed E-state index contributed by atoms with van der Waals surface area (Å²) >= 11 is 0. The molecule has 0 saturated carbocycles. The predicted molar refractivity (Wildman–Crippen MR) is 72.1 cm³/mol. The average Bonchev–Trinajstić information content (AvgIpc) is 2.66. The minimum absolute atomic E-state index is 0.105. The highest BCUT2D eigenvalue weighted by molar-refractivity contribution is 7.89. The Balaban J connectivity index is 2.40. The fraction of sp³-hybridized carbons (Fsp3) is 0.462. The first-order valence-electron chi connectivity index (χ1n) is 6.23.